The number of aryl methyl sites for hydroxylation is 2. The van der Waals surface area contributed by atoms with Gasteiger partial charge in [0.2, 0.25) is 5.88 Å². The first-order chi connectivity index (χ1) is 16.2. The lowest BCUT2D eigenvalue weighted by Crippen LogP contribution is -2.20. The largest absolute Gasteiger partial charge is 0.479 e. The number of imidazole rings is 2. The van der Waals surface area contributed by atoms with Crippen molar-refractivity contribution in [3.63, 3.8) is 0 Å². The summed E-state index contributed by atoms with van der Waals surface area (Å²) in [6.07, 6.45) is 2.32. The van der Waals surface area contributed by atoms with Crippen molar-refractivity contribution < 1.29 is 17.9 Å². The number of hydrogen-bond donors (Lipinski definition) is 0. The molecule has 4 aromatic rings. The van der Waals surface area contributed by atoms with Gasteiger partial charge in [0.05, 0.1) is 30.4 Å². The molecule has 0 saturated heterocycles. The molecule has 176 valence electrons. The van der Waals surface area contributed by atoms with Gasteiger partial charge in [-0.15, -0.1) is 0 Å². The van der Waals surface area contributed by atoms with Crippen LogP contribution in [0.15, 0.2) is 53.5 Å². The zero-order valence-electron chi connectivity index (χ0n) is 18.5. The summed E-state index contributed by atoms with van der Waals surface area (Å²) in [6.45, 7) is 2.59. The first kappa shape index (κ1) is 22.6. The second kappa shape index (κ2) is 8.57. The van der Waals surface area contributed by atoms with Crippen LogP contribution in [0.5, 0.6) is 5.88 Å². The number of fused-ring (bicyclic) bond motifs is 1. The summed E-state index contributed by atoms with van der Waals surface area (Å²) < 4.78 is 51.2. The van der Waals surface area contributed by atoms with Crippen LogP contribution < -0.4 is 4.74 Å². The maximum Gasteiger partial charge on any atom is 0.416 e. The normalized spacial score (nSPS) is 15.9. The van der Waals surface area contributed by atoms with Crippen LogP contribution in [0.4, 0.5) is 13.2 Å². The van der Waals surface area contributed by atoms with Crippen LogP contribution >= 0.6 is 15.9 Å². The molecule has 0 unspecified atom stereocenters. The molecule has 1 atom stereocenters. The van der Waals surface area contributed by atoms with Crippen molar-refractivity contribution in [2.75, 3.05) is 7.11 Å². The molecule has 0 fully saturated rings. The molecule has 1 aliphatic rings. The van der Waals surface area contributed by atoms with E-state index in [0.29, 0.717) is 40.5 Å². The number of pyridine rings is 1. The van der Waals surface area contributed by atoms with E-state index in [1.165, 1.54) is 6.07 Å². The van der Waals surface area contributed by atoms with Gasteiger partial charge in [-0.25, -0.2) is 15.0 Å². The minimum absolute atomic E-state index is 0.233. The molecule has 6 nitrogen and oxygen atoms in total. The monoisotopic (exact) mass is 531 g/mol. The standard InChI is InChI=1S/C24H21BrF3N5O/c1-14-11-33(13-29-14)21-8-7-19(31-23(21)34-2)20-12-32-9-3-4-16(22(32)30-20)17-10-15(25)5-6-18(17)24(26,27)28/h5-8,10-13,16H,3-4,9H2,1-2H3/t16-/m0/s1. The Morgan fingerprint density at radius 2 is 1.91 bits per heavy atom. The highest BCUT2D eigenvalue weighted by Gasteiger charge is 2.37. The lowest BCUT2D eigenvalue weighted by atomic mass is 9.87. The highest BCUT2D eigenvalue weighted by Crippen LogP contribution is 2.42. The van der Waals surface area contributed by atoms with Crippen molar-refractivity contribution >= 4 is 15.9 Å². The average molecular weight is 532 g/mol. The van der Waals surface area contributed by atoms with E-state index in [0.717, 1.165) is 23.9 Å². The third kappa shape index (κ3) is 4.11. The van der Waals surface area contributed by atoms with Crippen LogP contribution in [-0.2, 0) is 12.7 Å². The van der Waals surface area contributed by atoms with Crippen molar-refractivity contribution in [1.29, 1.82) is 0 Å². The fourth-order valence-electron chi connectivity index (χ4n) is 4.46. The van der Waals surface area contributed by atoms with Crippen molar-refractivity contribution in [3.8, 4) is 23.0 Å². The molecule has 3 aromatic heterocycles. The lowest BCUT2D eigenvalue weighted by molar-refractivity contribution is -0.138. The minimum atomic E-state index is -4.44. The van der Waals surface area contributed by atoms with E-state index in [-0.39, 0.29) is 5.56 Å². The molecule has 0 saturated carbocycles. The minimum Gasteiger partial charge on any atom is -0.479 e. The summed E-state index contributed by atoms with van der Waals surface area (Å²) in [7, 11) is 1.54. The Morgan fingerprint density at radius 3 is 2.62 bits per heavy atom. The third-order valence-corrected chi connectivity index (χ3v) is 6.48. The summed E-state index contributed by atoms with van der Waals surface area (Å²) in [5.74, 6) is 0.551. The quantitative estimate of drug-likeness (QED) is 0.316. The lowest BCUT2D eigenvalue weighted by Gasteiger charge is -2.26. The fourth-order valence-corrected chi connectivity index (χ4v) is 4.83. The zero-order chi connectivity index (χ0) is 24.0. The van der Waals surface area contributed by atoms with E-state index in [4.69, 9.17) is 9.72 Å². The molecule has 0 amide bonds. The number of hydrogen-bond acceptors (Lipinski definition) is 4. The summed E-state index contributed by atoms with van der Waals surface area (Å²) in [6, 6.07) is 7.81. The maximum atomic E-state index is 13.8. The summed E-state index contributed by atoms with van der Waals surface area (Å²) >= 11 is 3.33. The van der Waals surface area contributed by atoms with Gasteiger partial charge in [0.25, 0.3) is 0 Å². The molecule has 0 bridgehead atoms. The van der Waals surface area contributed by atoms with Crippen LogP contribution in [0.3, 0.4) is 0 Å². The van der Waals surface area contributed by atoms with E-state index < -0.39 is 17.7 Å². The van der Waals surface area contributed by atoms with Gasteiger partial charge < -0.3 is 13.9 Å². The van der Waals surface area contributed by atoms with Crippen molar-refractivity contribution in [2.24, 2.45) is 0 Å². The Bertz CT molecular complexity index is 1360. The molecule has 1 aromatic carbocycles. The Balaban J connectivity index is 1.56. The Morgan fingerprint density at radius 1 is 1.09 bits per heavy atom. The van der Waals surface area contributed by atoms with Gasteiger partial charge in [-0.3, -0.25) is 0 Å². The molecule has 34 heavy (non-hydrogen) atoms. The number of ether oxygens (including phenoxy) is 1. The van der Waals surface area contributed by atoms with Crippen molar-refractivity contribution in [3.05, 3.63) is 76.2 Å². The number of halogens is 4. The van der Waals surface area contributed by atoms with E-state index in [1.807, 2.05) is 40.6 Å². The second-order valence-electron chi connectivity index (χ2n) is 8.25. The highest BCUT2D eigenvalue weighted by molar-refractivity contribution is 9.10. The molecule has 5 rings (SSSR count). The van der Waals surface area contributed by atoms with Gasteiger partial charge in [0.1, 0.15) is 17.2 Å². The Hall–Kier alpha value is -3.14. The Kier molecular flexibility index (Phi) is 5.71. The summed E-state index contributed by atoms with van der Waals surface area (Å²) in [5, 5.41) is 0. The average Bonchev–Trinajstić information content (AvgIpc) is 3.43. The molecule has 4 heterocycles. The Labute approximate surface area is 202 Å². The van der Waals surface area contributed by atoms with Crippen molar-refractivity contribution in [2.45, 2.75) is 38.4 Å². The molecule has 0 N–H and O–H groups in total. The number of rotatable bonds is 4. The fraction of sp³-hybridized carbons (Fsp3) is 0.292. The predicted molar refractivity (Wildman–Crippen MR) is 124 cm³/mol. The first-order valence-corrected chi connectivity index (χ1v) is 11.5. The molecular formula is C24H21BrF3N5O. The van der Waals surface area contributed by atoms with Gasteiger partial charge >= 0.3 is 6.18 Å². The number of alkyl halides is 3. The van der Waals surface area contributed by atoms with Crippen molar-refractivity contribution in [1.82, 2.24) is 24.1 Å². The highest BCUT2D eigenvalue weighted by atomic mass is 79.9. The SMILES string of the molecule is COc1nc(-c2cn3c(n2)[C@H](c2cc(Br)ccc2C(F)(F)F)CCC3)ccc1-n1cnc(C)c1. The van der Waals surface area contributed by atoms with E-state index in [9.17, 15) is 13.2 Å². The smallest absolute Gasteiger partial charge is 0.416 e. The number of methoxy groups -OCH3 is 1. The molecular weight excluding hydrogens is 511 g/mol. The predicted octanol–water partition coefficient (Wildman–Crippen LogP) is 6.15. The van der Waals surface area contributed by atoms with Crippen LogP contribution in [-0.4, -0.2) is 31.2 Å². The zero-order valence-corrected chi connectivity index (χ0v) is 20.1. The van der Waals surface area contributed by atoms with Gasteiger partial charge in [0.15, 0.2) is 0 Å². The first-order valence-electron chi connectivity index (χ1n) is 10.7. The molecule has 0 spiro atoms. The van der Waals surface area contributed by atoms with Crippen LogP contribution in [0.2, 0.25) is 0 Å². The van der Waals surface area contributed by atoms with E-state index >= 15 is 0 Å². The van der Waals surface area contributed by atoms with Gasteiger partial charge in [-0.2, -0.15) is 13.2 Å². The summed E-state index contributed by atoms with van der Waals surface area (Å²) in [5.41, 5.74) is 2.39. The maximum absolute atomic E-state index is 13.8. The van der Waals surface area contributed by atoms with E-state index in [2.05, 4.69) is 25.9 Å². The molecule has 0 radical (unpaired) electrons. The van der Waals surface area contributed by atoms with E-state index in [1.54, 1.807) is 19.5 Å². The third-order valence-electron chi connectivity index (χ3n) is 5.99. The molecule has 0 aliphatic carbocycles. The second-order valence-corrected chi connectivity index (χ2v) is 9.16. The molecule has 10 heteroatoms. The van der Waals surface area contributed by atoms with Crippen LogP contribution in [0.25, 0.3) is 17.1 Å². The summed E-state index contributed by atoms with van der Waals surface area (Å²) in [4.78, 5) is 13.6. The topological polar surface area (TPSA) is 57.8 Å². The van der Waals surface area contributed by atoms with Crippen LogP contribution in [0.1, 0.15) is 41.4 Å². The van der Waals surface area contributed by atoms with Gasteiger partial charge in [-0.05, 0) is 55.7 Å². The van der Waals surface area contributed by atoms with Gasteiger partial charge in [0, 0.05) is 29.3 Å². The van der Waals surface area contributed by atoms with Gasteiger partial charge in [-0.1, -0.05) is 15.9 Å². The number of nitrogens with zero attached hydrogens (tertiary/aromatic N) is 5. The number of benzene rings is 1. The van der Waals surface area contributed by atoms with Crippen LogP contribution in [0, 0.1) is 6.92 Å². The molecule has 1 aliphatic heterocycles. The number of aromatic nitrogens is 5.